The van der Waals surface area contributed by atoms with Crippen molar-refractivity contribution in [3.8, 4) is 0 Å². The van der Waals surface area contributed by atoms with Gasteiger partial charge in [0.25, 0.3) is 0 Å². The first-order valence-corrected chi connectivity index (χ1v) is 5.75. The highest BCUT2D eigenvalue weighted by Gasteiger charge is 2.33. The quantitative estimate of drug-likeness (QED) is 0.834. The molecule has 0 radical (unpaired) electrons. The summed E-state index contributed by atoms with van der Waals surface area (Å²) in [6, 6.07) is 0. The third-order valence-corrected chi connectivity index (χ3v) is 3.51. The zero-order valence-electron chi connectivity index (χ0n) is 7.66. The minimum Gasteiger partial charge on any atom is -0.390 e. The van der Waals surface area contributed by atoms with Gasteiger partial charge in [-0.1, -0.05) is 11.6 Å². The van der Waals surface area contributed by atoms with Gasteiger partial charge in [0.15, 0.2) is 11.0 Å². The van der Waals surface area contributed by atoms with Gasteiger partial charge in [-0.15, -0.1) is 0 Å². The molecule has 0 saturated heterocycles. The van der Waals surface area contributed by atoms with Crippen LogP contribution in [0, 0.1) is 0 Å². The van der Waals surface area contributed by atoms with Crippen LogP contribution < -0.4 is 5.32 Å². The summed E-state index contributed by atoms with van der Waals surface area (Å²) in [4.78, 5) is 0. The van der Waals surface area contributed by atoms with Crippen molar-refractivity contribution in [2.75, 3.05) is 11.9 Å². The summed E-state index contributed by atoms with van der Waals surface area (Å²) in [5.74, 6) is 0.625. The second-order valence-electron chi connectivity index (χ2n) is 3.66. The minimum atomic E-state index is -0.442. The van der Waals surface area contributed by atoms with Crippen molar-refractivity contribution in [2.45, 2.75) is 31.3 Å². The lowest BCUT2D eigenvalue weighted by Gasteiger charge is -2.36. The van der Waals surface area contributed by atoms with Gasteiger partial charge in [0, 0.05) is 6.54 Å². The molecule has 1 aromatic rings. The van der Waals surface area contributed by atoms with E-state index in [4.69, 9.17) is 11.6 Å². The Hall–Kier alpha value is -0.390. The molecule has 1 saturated carbocycles. The lowest BCUT2D eigenvalue weighted by atomic mass is 9.78. The summed E-state index contributed by atoms with van der Waals surface area (Å²) in [5, 5.41) is 13.3. The summed E-state index contributed by atoms with van der Waals surface area (Å²) in [7, 11) is 0. The Bertz CT molecular complexity index is 313. The van der Waals surface area contributed by atoms with E-state index in [1.54, 1.807) is 0 Å². The fourth-order valence-corrected chi connectivity index (χ4v) is 2.22. The minimum absolute atomic E-state index is 0.413. The Labute approximate surface area is 91.6 Å². The van der Waals surface area contributed by atoms with Crippen LogP contribution in [0.5, 0.6) is 0 Å². The van der Waals surface area contributed by atoms with E-state index in [0.29, 0.717) is 17.5 Å². The van der Waals surface area contributed by atoms with Crippen molar-refractivity contribution in [2.24, 2.45) is 0 Å². The maximum Gasteiger partial charge on any atom is 0.186 e. The first-order valence-electron chi connectivity index (χ1n) is 4.64. The average molecular weight is 234 g/mol. The zero-order chi connectivity index (χ0) is 10.0. The largest absolute Gasteiger partial charge is 0.390 e. The second-order valence-corrected chi connectivity index (χ2v) is 4.54. The van der Waals surface area contributed by atoms with E-state index >= 15 is 0 Å². The van der Waals surface area contributed by atoms with Crippen LogP contribution in [0.1, 0.15) is 25.7 Å². The van der Waals surface area contributed by atoms with Crippen LogP contribution in [0.4, 0.5) is 5.82 Å². The fraction of sp³-hybridized carbons (Fsp3) is 0.750. The third kappa shape index (κ3) is 2.16. The van der Waals surface area contributed by atoms with Crippen LogP contribution in [-0.2, 0) is 0 Å². The number of nitrogens with one attached hydrogen (secondary N) is 1. The highest BCUT2D eigenvalue weighted by atomic mass is 35.5. The number of hydrogen-bond acceptors (Lipinski definition) is 5. The number of rotatable bonds is 4. The van der Waals surface area contributed by atoms with E-state index in [-0.39, 0.29) is 0 Å². The lowest BCUT2D eigenvalue weighted by Crippen LogP contribution is -2.38. The molecule has 2 N–H and O–H groups in total. The molecule has 4 nitrogen and oxygen atoms in total. The van der Waals surface area contributed by atoms with Gasteiger partial charge in [0.2, 0.25) is 0 Å². The van der Waals surface area contributed by atoms with E-state index in [2.05, 4.69) is 14.1 Å². The summed E-state index contributed by atoms with van der Waals surface area (Å²) >= 11 is 6.84. The second kappa shape index (κ2) is 4.00. The standard InChI is InChI=1S/C8H12ClN3OS/c9-6-7(12-14-11-6)10-5-4-8(13)2-1-3-8/h13H,1-5H2,(H,10,12). The van der Waals surface area contributed by atoms with Crippen LogP contribution in [0.2, 0.25) is 5.15 Å². The highest BCUT2D eigenvalue weighted by molar-refractivity contribution is 6.99. The topological polar surface area (TPSA) is 58.0 Å². The van der Waals surface area contributed by atoms with Gasteiger partial charge in [-0.05, 0) is 25.7 Å². The first kappa shape index (κ1) is 10.1. The van der Waals surface area contributed by atoms with E-state index in [9.17, 15) is 5.11 Å². The van der Waals surface area contributed by atoms with Gasteiger partial charge in [0.1, 0.15) is 0 Å². The molecular weight excluding hydrogens is 222 g/mol. The number of halogens is 1. The first-order chi connectivity index (χ1) is 6.70. The Morgan fingerprint density at radius 3 is 2.79 bits per heavy atom. The Morgan fingerprint density at radius 2 is 2.29 bits per heavy atom. The predicted octanol–water partition coefficient (Wildman–Crippen LogP) is 1.91. The molecule has 0 bridgehead atoms. The summed E-state index contributed by atoms with van der Waals surface area (Å²) in [6.45, 7) is 0.696. The van der Waals surface area contributed by atoms with Gasteiger partial charge in [-0.3, -0.25) is 0 Å². The lowest BCUT2D eigenvalue weighted by molar-refractivity contribution is -0.0370. The van der Waals surface area contributed by atoms with Crippen molar-refractivity contribution in [3.05, 3.63) is 5.15 Å². The maximum absolute atomic E-state index is 9.80. The molecule has 14 heavy (non-hydrogen) atoms. The molecule has 1 fully saturated rings. The maximum atomic E-state index is 9.80. The van der Waals surface area contributed by atoms with Gasteiger partial charge in [-0.25, -0.2) is 0 Å². The normalized spacial score (nSPS) is 19.0. The molecule has 0 spiro atoms. The molecule has 0 unspecified atom stereocenters. The summed E-state index contributed by atoms with van der Waals surface area (Å²) in [5.41, 5.74) is -0.442. The Balaban J connectivity index is 1.75. The van der Waals surface area contributed by atoms with Gasteiger partial charge < -0.3 is 10.4 Å². The molecule has 78 valence electrons. The third-order valence-electron chi connectivity index (χ3n) is 2.62. The van der Waals surface area contributed by atoms with Crippen molar-refractivity contribution in [1.82, 2.24) is 8.75 Å². The molecular formula is C8H12ClN3OS. The molecule has 6 heteroatoms. The zero-order valence-corrected chi connectivity index (χ0v) is 9.24. The average Bonchev–Trinajstić information content (AvgIpc) is 2.49. The molecule has 1 heterocycles. The van der Waals surface area contributed by atoms with E-state index in [1.807, 2.05) is 0 Å². The van der Waals surface area contributed by atoms with Crippen LogP contribution >= 0.6 is 23.3 Å². The number of hydrogen-bond donors (Lipinski definition) is 2. The molecule has 0 amide bonds. The van der Waals surface area contributed by atoms with Crippen molar-refractivity contribution < 1.29 is 5.11 Å². The fourth-order valence-electron chi connectivity index (χ4n) is 1.53. The molecule has 0 aliphatic heterocycles. The molecule has 1 aliphatic carbocycles. The van der Waals surface area contributed by atoms with E-state index < -0.39 is 5.60 Å². The molecule has 0 aromatic carbocycles. The molecule has 1 aromatic heterocycles. The number of aliphatic hydroxyl groups is 1. The van der Waals surface area contributed by atoms with Crippen molar-refractivity contribution >= 4 is 29.1 Å². The summed E-state index contributed by atoms with van der Waals surface area (Å²) in [6.07, 6.45) is 3.71. The van der Waals surface area contributed by atoms with Crippen LogP contribution in [0.3, 0.4) is 0 Å². The SMILES string of the molecule is OC1(CCNc2nsnc2Cl)CCC1. The van der Waals surface area contributed by atoms with Gasteiger partial charge >= 0.3 is 0 Å². The molecule has 2 rings (SSSR count). The van der Waals surface area contributed by atoms with Crippen LogP contribution in [-0.4, -0.2) is 26.0 Å². The van der Waals surface area contributed by atoms with E-state index in [0.717, 1.165) is 37.4 Å². The van der Waals surface area contributed by atoms with Crippen molar-refractivity contribution in [3.63, 3.8) is 0 Å². The Kier molecular flexibility index (Phi) is 2.90. The number of anilines is 1. The number of nitrogens with zero attached hydrogens (tertiary/aromatic N) is 2. The highest BCUT2D eigenvalue weighted by Crippen LogP contribution is 2.34. The van der Waals surface area contributed by atoms with Crippen LogP contribution in [0.15, 0.2) is 0 Å². The Morgan fingerprint density at radius 1 is 1.50 bits per heavy atom. The van der Waals surface area contributed by atoms with Crippen molar-refractivity contribution in [1.29, 1.82) is 0 Å². The number of aromatic nitrogens is 2. The molecule has 1 aliphatic rings. The molecule has 0 atom stereocenters. The smallest absolute Gasteiger partial charge is 0.186 e. The monoisotopic (exact) mass is 233 g/mol. The summed E-state index contributed by atoms with van der Waals surface area (Å²) < 4.78 is 7.82. The van der Waals surface area contributed by atoms with Crippen LogP contribution in [0.25, 0.3) is 0 Å². The van der Waals surface area contributed by atoms with Gasteiger partial charge in [-0.2, -0.15) is 8.75 Å². The predicted molar refractivity (Wildman–Crippen MR) is 56.8 cm³/mol. The van der Waals surface area contributed by atoms with Gasteiger partial charge in [0.05, 0.1) is 17.3 Å². The van der Waals surface area contributed by atoms with E-state index in [1.165, 1.54) is 0 Å².